The number of aromatic nitrogens is 5. The van der Waals surface area contributed by atoms with Gasteiger partial charge in [-0.25, -0.2) is 0 Å². The molecule has 10 heteroatoms. The predicted molar refractivity (Wildman–Crippen MR) is 72.8 cm³/mol. The van der Waals surface area contributed by atoms with Crippen molar-refractivity contribution >= 4 is 29.1 Å². The molecule has 0 aliphatic carbocycles. The van der Waals surface area contributed by atoms with Crippen LogP contribution in [0.4, 0.5) is 6.01 Å². The second-order valence-electron chi connectivity index (χ2n) is 3.82. The van der Waals surface area contributed by atoms with Crippen LogP contribution in [0.5, 0.6) is 0 Å². The SMILES string of the molecule is O=NSC[C@H](Nc1nc2ccccc2o1)c1nn[nH]n1. The Morgan fingerprint density at radius 3 is 3.10 bits per heavy atom. The Bertz CT molecular complexity index is 666. The van der Waals surface area contributed by atoms with Gasteiger partial charge in [0.2, 0.25) is 0 Å². The van der Waals surface area contributed by atoms with Crippen molar-refractivity contribution in [3.63, 3.8) is 0 Å². The lowest BCUT2D eigenvalue weighted by Crippen LogP contribution is -2.15. The number of nitrogens with one attached hydrogen (secondary N) is 2. The Balaban J connectivity index is 1.83. The summed E-state index contributed by atoms with van der Waals surface area (Å²) in [5.41, 5.74) is 1.41. The van der Waals surface area contributed by atoms with Crippen molar-refractivity contribution in [3.8, 4) is 0 Å². The Morgan fingerprint density at radius 1 is 1.45 bits per heavy atom. The molecule has 0 aliphatic rings. The van der Waals surface area contributed by atoms with E-state index in [1.165, 1.54) is 0 Å². The van der Waals surface area contributed by atoms with E-state index in [1.54, 1.807) is 0 Å². The monoisotopic (exact) mass is 291 g/mol. The Morgan fingerprint density at radius 2 is 2.35 bits per heavy atom. The minimum absolute atomic E-state index is 0.326. The van der Waals surface area contributed by atoms with Gasteiger partial charge in [0.05, 0.1) is 0 Å². The van der Waals surface area contributed by atoms with Gasteiger partial charge in [-0.1, -0.05) is 17.3 Å². The summed E-state index contributed by atoms with van der Waals surface area (Å²) in [7, 11) is 0. The first kappa shape index (κ1) is 12.5. The molecule has 20 heavy (non-hydrogen) atoms. The summed E-state index contributed by atoms with van der Waals surface area (Å²) in [5.74, 6) is 0.741. The lowest BCUT2D eigenvalue weighted by molar-refractivity contribution is 0.600. The van der Waals surface area contributed by atoms with E-state index >= 15 is 0 Å². The van der Waals surface area contributed by atoms with Gasteiger partial charge in [-0.3, -0.25) is 0 Å². The van der Waals surface area contributed by atoms with E-state index < -0.39 is 0 Å². The molecule has 3 rings (SSSR count). The van der Waals surface area contributed by atoms with Gasteiger partial charge in [0.1, 0.15) is 11.6 Å². The molecule has 0 fully saturated rings. The zero-order valence-electron chi connectivity index (χ0n) is 10.1. The number of benzene rings is 1. The number of anilines is 1. The van der Waals surface area contributed by atoms with E-state index in [9.17, 15) is 4.91 Å². The van der Waals surface area contributed by atoms with E-state index in [2.05, 4.69) is 35.5 Å². The number of hydrogen-bond donors (Lipinski definition) is 2. The van der Waals surface area contributed by atoms with E-state index in [0.29, 0.717) is 23.2 Å². The van der Waals surface area contributed by atoms with Gasteiger partial charge in [-0.15, -0.1) is 15.1 Å². The van der Waals surface area contributed by atoms with Crippen LogP contribution < -0.4 is 5.32 Å². The first-order valence-electron chi connectivity index (χ1n) is 5.67. The topological polar surface area (TPSA) is 122 Å². The average molecular weight is 291 g/mol. The third-order valence-electron chi connectivity index (χ3n) is 2.56. The minimum atomic E-state index is -0.385. The van der Waals surface area contributed by atoms with Gasteiger partial charge in [0, 0.05) is 22.3 Å². The standard InChI is InChI=1S/C10H9N7O2S/c18-17-20-5-7(9-13-15-16-14-9)12-10-11-6-3-1-2-4-8(6)19-10/h1-4,7H,5H2,(H,11,12)(H,13,14,15,16)/t7-/m0/s1. The number of tetrazole rings is 1. The average Bonchev–Trinajstić information content (AvgIpc) is 3.11. The highest BCUT2D eigenvalue weighted by atomic mass is 32.2. The molecule has 0 aliphatic heterocycles. The maximum atomic E-state index is 10.3. The third kappa shape index (κ3) is 2.59. The summed E-state index contributed by atoms with van der Waals surface area (Å²) in [5, 5.41) is 16.6. The number of fused-ring (bicyclic) bond motifs is 1. The highest BCUT2D eigenvalue weighted by Gasteiger charge is 2.19. The number of rotatable bonds is 6. The van der Waals surface area contributed by atoms with Crippen LogP contribution in [0.15, 0.2) is 33.3 Å². The van der Waals surface area contributed by atoms with Crippen molar-refractivity contribution in [1.82, 2.24) is 25.6 Å². The van der Waals surface area contributed by atoms with Gasteiger partial charge in [-0.2, -0.15) is 10.2 Å². The first-order chi connectivity index (χ1) is 9.86. The highest BCUT2D eigenvalue weighted by molar-refractivity contribution is 7.97. The fourth-order valence-corrected chi connectivity index (χ4v) is 2.13. The predicted octanol–water partition coefficient (Wildman–Crippen LogP) is 1.91. The van der Waals surface area contributed by atoms with Crippen molar-refractivity contribution in [2.75, 3.05) is 11.1 Å². The second-order valence-corrected chi connectivity index (χ2v) is 4.56. The van der Waals surface area contributed by atoms with Crippen LogP contribution in [0.1, 0.15) is 11.9 Å². The molecule has 3 aromatic rings. The molecule has 0 amide bonds. The van der Waals surface area contributed by atoms with Gasteiger partial charge in [0.25, 0.3) is 6.01 Å². The molecule has 0 radical (unpaired) electrons. The van der Waals surface area contributed by atoms with Gasteiger partial charge in [-0.05, 0) is 12.1 Å². The van der Waals surface area contributed by atoms with Crippen molar-refractivity contribution in [1.29, 1.82) is 0 Å². The molecule has 0 saturated carbocycles. The van der Waals surface area contributed by atoms with Crippen LogP contribution in [0.2, 0.25) is 0 Å². The number of oxazole rings is 1. The summed E-state index contributed by atoms with van der Waals surface area (Å²) < 4.78 is 8.31. The molecular weight excluding hydrogens is 282 g/mol. The summed E-state index contributed by atoms with van der Waals surface area (Å²) in [6.45, 7) is 0. The zero-order chi connectivity index (χ0) is 13.8. The Hall–Kier alpha value is -2.49. The molecule has 0 bridgehead atoms. The van der Waals surface area contributed by atoms with Gasteiger partial charge < -0.3 is 9.73 Å². The van der Waals surface area contributed by atoms with Crippen LogP contribution in [-0.4, -0.2) is 31.4 Å². The summed E-state index contributed by atoms with van der Waals surface area (Å²) in [6, 6.07) is 7.34. The molecule has 1 aromatic carbocycles. The number of H-pyrrole nitrogens is 1. The molecule has 9 nitrogen and oxygen atoms in total. The molecular formula is C10H9N7O2S. The number of para-hydroxylation sites is 2. The number of aromatic amines is 1. The van der Waals surface area contributed by atoms with E-state index in [4.69, 9.17) is 4.42 Å². The summed E-state index contributed by atoms with van der Waals surface area (Å²) in [4.78, 5) is 14.5. The molecule has 0 spiro atoms. The minimum Gasteiger partial charge on any atom is -0.424 e. The lowest BCUT2D eigenvalue weighted by Gasteiger charge is -2.10. The molecule has 0 unspecified atom stereocenters. The van der Waals surface area contributed by atoms with Gasteiger partial charge in [0.15, 0.2) is 11.4 Å². The fraction of sp³-hybridized carbons (Fsp3) is 0.200. The fourth-order valence-electron chi connectivity index (χ4n) is 1.69. The van der Waals surface area contributed by atoms with Crippen molar-refractivity contribution < 1.29 is 4.42 Å². The Kier molecular flexibility index (Phi) is 3.54. The number of nitrogens with zero attached hydrogens (tertiary/aromatic N) is 5. The molecule has 2 aromatic heterocycles. The van der Waals surface area contributed by atoms with E-state index in [1.807, 2.05) is 24.3 Å². The third-order valence-corrected chi connectivity index (χ3v) is 3.15. The van der Waals surface area contributed by atoms with Crippen molar-refractivity contribution in [2.45, 2.75) is 6.04 Å². The van der Waals surface area contributed by atoms with E-state index in [-0.39, 0.29) is 6.04 Å². The smallest absolute Gasteiger partial charge is 0.296 e. The van der Waals surface area contributed by atoms with Crippen LogP contribution in [-0.2, 0) is 0 Å². The highest BCUT2D eigenvalue weighted by Crippen LogP contribution is 2.23. The second kappa shape index (κ2) is 5.65. The summed E-state index contributed by atoms with van der Waals surface area (Å²) in [6.07, 6.45) is 0. The molecule has 1 atom stereocenters. The number of hydrogen-bond acceptors (Lipinski definition) is 9. The van der Waals surface area contributed by atoms with Crippen molar-refractivity contribution in [2.24, 2.45) is 4.58 Å². The Labute approximate surface area is 116 Å². The largest absolute Gasteiger partial charge is 0.424 e. The van der Waals surface area contributed by atoms with Crippen LogP contribution >= 0.6 is 11.9 Å². The van der Waals surface area contributed by atoms with E-state index in [0.717, 1.165) is 17.5 Å². The number of nitroso groups, excluding NO2 is 1. The van der Waals surface area contributed by atoms with Crippen LogP contribution in [0.3, 0.4) is 0 Å². The van der Waals surface area contributed by atoms with Crippen LogP contribution in [0.25, 0.3) is 11.1 Å². The maximum absolute atomic E-state index is 10.3. The molecule has 2 N–H and O–H groups in total. The molecule has 2 heterocycles. The lowest BCUT2D eigenvalue weighted by atomic mass is 10.3. The normalized spacial score (nSPS) is 12.4. The maximum Gasteiger partial charge on any atom is 0.296 e. The first-order valence-corrected chi connectivity index (χ1v) is 6.61. The molecule has 0 saturated heterocycles. The van der Waals surface area contributed by atoms with Gasteiger partial charge >= 0.3 is 0 Å². The molecule has 102 valence electrons. The zero-order valence-corrected chi connectivity index (χ0v) is 10.9. The van der Waals surface area contributed by atoms with Crippen molar-refractivity contribution in [3.05, 3.63) is 35.0 Å². The quantitative estimate of drug-likeness (QED) is 0.521. The van der Waals surface area contributed by atoms with Crippen LogP contribution in [0, 0.1) is 4.91 Å². The summed E-state index contributed by atoms with van der Waals surface area (Å²) >= 11 is 0.856.